The molecule has 0 amide bonds. The number of hydrogen-bond acceptors (Lipinski definition) is 2. The van der Waals surface area contributed by atoms with Crippen LogP contribution in [-0.2, 0) is 0 Å². The quantitative estimate of drug-likeness (QED) is 0.854. The zero-order valence-corrected chi connectivity index (χ0v) is 10.2. The average Bonchev–Trinajstić information content (AvgIpc) is 2.28. The van der Waals surface area contributed by atoms with Crippen molar-refractivity contribution in [1.29, 1.82) is 0 Å². The second-order valence-corrected chi connectivity index (χ2v) is 4.77. The molecule has 17 heavy (non-hydrogen) atoms. The first-order valence-electron chi connectivity index (χ1n) is 5.86. The summed E-state index contributed by atoms with van der Waals surface area (Å²) in [6.45, 7) is 0.447. The molecule has 1 saturated heterocycles. The summed E-state index contributed by atoms with van der Waals surface area (Å²) in [5.41, 5.74) is 1.77. The van der Waals surface area contributed by atoms with E-state index in [1.54, 1.807) is 0 Å². The molecule has 1 fully saturated rings. The van der Waals surface area contributed by atoms with E-state index in [1.165, 1.54) is 0 Å². The third kappa shape index (κ3) is 2.57. The highest BCUT2D eigenvalue weighted by Crippen LogP contribution is 2.38. The van der Waals surface area contributed by atoms with Gasteiger partial charge in [0.05, 0.1) is 12.5 Å². The van der Waals surface area contributed by atoms with E-state index in [9.17, 15) is 8.78 Å². The van der Waals surface area contributed by atoms with Crippen molar-refractivity contribution >= 4 is 5.69 Å². The van der Waals surface area contributed by atoms with Gasteiger partial charge < -0.3 is 10.2 Å². The molecule has 94 valence electrons. The van der Waals surface area contributed by atoms with Crippen molar-refractivity contribution in [1.82, 2.24) is 5.32 Å². The number of rotatable bonds is 2. The number of piperidine rings is 1. The lowest BCUT2D eigenvalue weighted by atomic mass is 9.87. The van der Waals surface area contributed by atoms with Crippen LogP contribution in [0.2, 0.25) is 0 Å². The van der Waals surface area contributed by atoms with E-state index in [-0.39, 0.29) is 6.54 Å². The third-order valence-electron chi connectivity index (χ3n) is 3.29. The summed E-state index contributed by atoms with van der Waals surface area (Å²) in [4.78, 5) is 1.96. The summed E-state index contributed by atoms with van der Waals surface area (Å²) in [6.07, 6.45) is 0.494. The van der Waals surface area contributed by atoms with E-state index >= 15 is 0 Å². The standard InChI is InChI=1S/C13H18F2N2/c1-17(2)11-5-3-10(4-6-11)12-7-8-16-9-13(12,14)15/h3-6,12,16H,7-9H2,1-2H3. The van der Waals surface area contributed by atoms with Crippen LogP contribution in [0.5, 0.6) is 0 Å². The molecule has 0 radical (unpaired) electrons. The summed E-state index contributed by atoms with van der Waals surface area (Å²) in [6, 6.07) is 7.43. The molecule has 1 aromatic rings. The van der Waals surface area contributed by atoms with Crippen LogP contribution in [0.4, 0.5) is 14.5 Å². The highest BCUT2D eigenvalue weighted by atomic mass is 19.3. The van der Waals surface area contributed by atoms with Crippen LogP contribution in [0.25, 0.3) is 0 Å². The Morgan fingerprint density at radius 3 is 2.41 bits per heavy atom. The zero-order chi connectivity index (χ0) is 12.5. The van der Waals surface area contributed by atoms with Gasteiger partial charge in [0.2, 0.25) is 0 Å². The predicted molar refractivity (Wildman–Crippen MR) is 65.9 cm³/mol. The van der Waals surface area contributed by atoms with Gasteiger partial charge in [-0.05, 0) is 30.7 Å². The van der Waals surface area contributed by atoms with Crippen molar-refractivity contribution in [3.63, 3.8) is 0 Å². The van der Waals surface area contributed by atoms with Crippen molar-refractivity contribution in [3.8, 4) is 0 Å². The van der Waals surface area contributed by atoms with E-state index < -0.39 is 11.8 Å². The molecule has 1 aromatic carbocycles. The molecule has 4 heteroatoms. The number of halogens is 2. The van der Waals surface area contributed by atoms with E-state index in [4.69, 9.17) is 0 Å². The monoisotopic (exact) mass is 240 g/mol. The molecule has 0 aromatic heterocycles. The summed E-state index contributed by atoms with van der Waals surface area (Å²) >= 11 is 0. The van der Waals surface area contributed by atoms with Crippen LogP contribution < -0.4 is 10.2 Å². The molecule has 0 bridgehead atoms. The first kappa shape index (κ1) is 12.3. The van der Waals surface area contributed by atoms with Crippen molar-refractivity contribution in [2.45, 2.75) is 18.3 Å². The van der Waals surface area contributed by atoms with Gasteiger partial charge in [0, 0.05) is 19.8 Å². The van der Waals surface area contributed by atoms with Crippen LogP contribution in [-0.4, -0.2) is 33.1 Å². The maximum absolute atomic E-state index is 13.7. The van der Waals surface area contributed by atoms with Crippen molar-refractivity contribution in [2.75, 3.05) is 32.1 Å². The second-order valence-electron chi connectivity index (χ2n) is 4.77. The highest BCUT2D eigenvalue weighted by Gasteiger charge is 2.42. The highest BCUT2D eigenvalue weighted by molar-refractivity contribution is 5.46. The van der Waals surface area contributed by atoms with Crippen molar-refractivity contribution in [2.24, 2.45) is 0 Å². The molecule has 0 aliphatic carbocycles. The Kier molecular flexibility index (Phi) is 3.33. The van der Waals surface area contributed by atoms with Gasteiger partial charge in [0.25, 0.3) is 5.92 Å². The minimum atomic E-state index is -2.64. The lowest BCUT2D eigenvalue weighted by molar-refractivity contribution is -0.0420. The average molecular weight is 240 g/mol. The summed E-state index contributed by atoms with van der Waals surface area (Å²) in [5.74, 6) is -3.29. The Morgan fingerprint density at radius 1 is 1.24 bits per heavy atom. The fourth-order valence-corrected chi connectivity index (χ4v) is 2.25. The van der Waals surface area contributed by atoms with Crippen molar-refractivity contribution < 1.29 is 8.78 Å². The van der Waals surface area contributed by atoms with E-state index in [0.717, 1.165) is 11.3 Å². The van der Waals surface area contributed by atoms with Gasteiger partial charge in [-0.2, -0.15) is 0 Å². The molecule has 1 aliphatic rings. The van der Waals surface area contributed by atoms with Crippen LogP contribution in [0.1, 0.15) is 17.9 Å². The predicted octanol–water partition coefficient (Wildman–Crippen LogP) is 2.46. The van der Waals surface area contributed by atoms with Crippen molar-refractivity contribution in [3.05, 3.63) is 29.8 Å². The summed E-state index contributed by atoms with van der Waals surface area (Å²) in [7, 11) is 3.88. The molecule has 0 saturated carbocycles. The molecule has 1 unspecified atom stereocenters. The Balaban J connectivity index is 2.21. The molecular formula is C13H18F2N2. The maximum Gasteiger partial charge on any atom is 0.267 e. The Hall–Kier alpha value is -1.16. The van der Waals surface area contributed by atoms with E-state index in [1.807, 2.05) is 43.3 Å². The largest absolute Gasteiger partial charge is 0.378 e. The molecular weight excluding hydrogens is 222 g/mol. The van der Waals surface area contributed by atoms with Gasteiger partial charge in [0.1, 0.15) is 0 Å². The van der Waals surface area contributed by atoms with Crippen LogP contribution in [0, 0.1) is 0 Å². The summed E-state index contributed by atoms with van der Waals surface area (Å²) in [5, 5.41) is 2.75. The molecule has 1 atom stereocenters. The molecule has 1 heterocycles. The number of nitrogens with one attached hydrogen (secondary N) is 1. The SMILES string of the molecule is CN(C)c1ccc(C2CCNCC2(F)F)cc1. The Morgan fingerprint density at radius 2 is 1.88 bits per heavy atom. The Labute approximate surface area is 101 Å². The van der Waals surface area contributed by atoms with Gasteiger partial charge >= 0.3 is 0 Å². The van der Waals surface area contributed by atoms with Crippen LogP contribution >= 0.6 is 0 Å². The zero-order valence-electron chi connectivity index (χ0n) is 10.2. The third-order valence-corrected chi connectivity index (χ3v) is 3.29. The maximum atomic E-state index is 13.7. The number of alkyl halides is 2. The number of benzene rings is 1. The van der Waals surface area contributed by atoms with Gasteiger partial charge in [-0.25, -0.2) is 8.78 Å². The topological polar surface area (TPSA) is 15.3 Å². The lowest BCUT2D eigenvalue weighted by Crippen LogP contribution is -2.44. The van der Waals surface area contributed by atoms with E-state index in [0.29, 0.717) is 13.0 Å². The van der Waals surface area contributed by atoms with Gasteiger partial charge in [0.15, 0.2) is 0 Å². The van der Waals surface area contributed by atoms with Gasteiger partial charge in [-0.15, -0.1) is 0 Å². The minimum absolute atomic E-state index is 0.215. The molecule has 2 rings (SSSR count). The molecule has 1 N–H and O–H groups in total. The van der Waals surface area contributed by atoms with Crippen LogP contribution in [0.3, 0.4) is 0 Å². The molecule has 1 aliphatic heterocycles. The minimum Gasteiger partial charge on any atom is -0.378 e. The fourth-order valence-electron chi connectivity index (χ4n) is 2.25. The van der Waals surface area contributed by atoms with Crippen LogP contribution in [0.15, 0.2) is 24.3 Å². The second kappa shape index (κ2) is 4.61. The fraction of sp³-hybridized carbons (Fsp3) is 0.538. The molecule has 0 spiro atoms. The smallest absolute Gasteiger partial charge is 0.267 e. The normalized spacial score (nSPS) is 23.4. The number of anilines is 1. The Bertz CT molecular complexity index is 374. The molecule has 2 nitrogen and oxygen atoms in total. The first-order chi connectivity index (χ1) is 8.00. The van der Waals surface area contributed by atoms with Gasteiger partial charge in [-0.3, -0.25) is 0 Å². The lowest BCUT2D eigenvalue weighted by Gasteiger charge is -2.32. The van der Waals surface area contributed by atoms with E-state index in [2.05, 4.69) is 5.32 Å². The van der Waals surface area contributed by atoms with Gasteiger partial charge in [-0.1, -0.05) is 12.1 Å². The summed E-state index contributed by atoms with van der Waals surface area (Å²) < 4.78 is 27.5. The number of hydrogen-bond donors (Lipinski definition) is 1. The number of nitrogens with zero attached hydrogens (tertiary/aromatic N) is 1. The first-order valence-corrected chi connectivity index (χ1v) is 5.86.